The van der Waals surface area contributed by atoms with E-state index in [1.165, 1.54) is 0 Å². The quantitative estimate of drug-likeness (QED) is 0.620. The minimum atomic E-state index is -0.134. The number of nitrogens with zero attached hydrogens (tertiary/aromatic N) is 4. The number of hydrogen-bond acceptors (Lipinski definition) is 6. The zero-order chi connectivity index (χ0) is 26.3. The predicted molar refractivity (Wildman–Crippen MR) is 146 cm³/mol. The van der Waals surface area contributed by atoms with Crippen molar-refractivity contribution >= 4 is 29.2 Å². The van der Waals surface area contributed by atoms with E-state index < -0.39 is 0 Å². The Hall–Kier alpha value is -3.63. The first kappa shape index (κ1) is 26.0. The van der Waals surface area contributed by atoms with Gasteiger partial charge >= 0.3 is 6.03 Å². The fraction of sp³-hybridized carbons (Fsp3) is 0.464. The number of ether oxygens (including phenoxy) is 1. The highest BCUT2D eigenvalue weighted by atomic mass is 16.5. The zero-order valence-electron chi connectivity index (χ0n) is 21.7. The third-order valence-electron chi connectivity index (χ3n) is 7.30. The Labute approximate surface area is 223 Å². The van der Waals surface area contributed by atoms with Crippen LogP contribution in [-0.4, -0.2) is 111 Å². The fourth-order valence-corrected chi connectivity index (χ4v) is 5.16. The SMILES string of the molecule is O=C(Cc1ccccc1)Nc1cc(C(=O)N2CCNCC2)ccc1N1CCN(C(=O)N2CCOCC2)CC1. The monoisotopic (exact) mass is 520 g/mol. The molecule has 0 bridgehead atoms. The summed E-state index contributed by atoms with van der Waals surface area (Å²) in [6.45, 7) is 7.75. The number of morpholine rings is 1. The molecule has 38 heavy (non-hydrogen) atoms. The molecular formula is C28H36N6O4. The summed E-state index contributed by atoms with van der Waals surface area (Å²) in [6.07, 6.45) is 0.248. The maximum atomic E-state index is 13.2. The van der Waals surface area contributed by atoms with E-state index in [4.69, 9.17) is 4.74 Å². The van der Waals surface area contributed by atoms with Gasteiger partial charge in [0.1, 0.15) is 0 Å². The molecule has 0 aliphatic carbocycles. The van der Waals surface area contributed by atoms with Crippen LogP contribution >= 0.6 is 0 Å². The number of benzene rings is 2. The standard InChI is InChI=1S/C28H36N6O4/c35-26(20-22-4-2-1-3-5-22)30-24-21-23(27(36)32-10-8-29-9-11-32)6-7-25(24)31-12-14-33(15-13-31)28(37)34-16-18-38-19-17-34/h1-7,21,29H,8-20H2,(H,30,35). The van der Waals surface area contributed by atoms with Crippen molar-refractivity contribution in [2.75, 3.05) is 88.9 Å². The third-order valence-corrected chi connectivity index (χ3v) is 7.30. The van der Waals surface area contributed by atoms with Crippen LogP contribution in [-0.2, 0) is 16.0 Å². The number of urea groups is 1. The smallest absolute Gasteiger partial charge is 0.320 e. The summed E-state index contributed by atoms with van der Waals surface area (Å²) >= 11 is 0. The molecule has 2 aromatic carbocycles. The summed E-state index contributed by atoms with van der Waals surface area (Å²) in [5.41, 5.74) is 2.98. The van der Waals surface area contributed by atoms with Crippen LogP contribution in [0.5, 0.6) is 0 Å². The van der Waals surface area contributed by atoms with Crippen LogP contribution in [0.2, 0.25) is 0 Å². The topological polar surface area (TPSA) is 97.5 Å². The van der Waals surface area contributed by atoms with E-state index in [0.29, 0.717) is 76.8 Å². The van der Waals surface area contributed by atoms with Crippen LogP contribution in [0.1, 0.15) is 15.9 Å². The Bertz CT molecular complexity index is 1120. The molecule has 0 atom stereocenters. The zero-order valence-corrected chi connectivity index (χ0v) is 21.7. The van der Waals surface area contributed by atoms with E-state index in [0.717, 1.165) is 24.3 Å². The molecule has 3 heterocycles. The molecule has 0 spiro atoms. The number of nitrogens with one attached hydrogen (secondary N) is 2. The first-order chi connectivity index (χ1) is 18.6. The lowest BCUT2D eigenvalue weighted by Gasteiger charge is -2.40. The van der Waals surface area contributed by atoms with Crippen LogP contribution in [0.3, 0.4) is 0 Å². The predicted octanol–water partition coefficient (Wildman–Crippen LogP) is 1.49. The summed E-state index contributed by atoms with van der Waals surface area (Å²) in [7, 11) is 0. The molecule has 3 aliphatic rings. The van der Waals surface area contributed by atoms with Crippen LogP contribution in [0.4, 0.5) is 16.2 Å². The molecule has 3 saturated heterocycles. The Morgan fingerprint density at radius 1 is 0.789 bits per heavy atom. The van der Waals surface area contributed by atoms with Crippen LogP contribution in [0.15, 0.2) is 48.5 Å². The minimum absolute atomic E-state index is 0.0301. The van der Waals surface area contributed by atoms with Gasteiger partial charge in [-0.3, -0.25) is 9.59 Å². The number of hydrogen-bond donors (Lipinski definition) is 2. The van der Waals surface area contributed by atoms with Crippen molar-refractivity contribution in [2.45, 2.75) is 6.42 Å². The number of carbonyl (C=O) groups is 3. The first-order valence-electron chi connectivity index (χ1n) is 13.4. The van der Waals surface area contributed by atoms with Crippen LogP contribution < -0.4 is 15.5 Å². The lowest BCUT2D eigenvalue weighted by Crippen LogP contribution is -2.55. The van der Waals surface area contributed by atoms with Gasteiger partial charge in [-0.15, -0.1) is 0 Å². The van der Waals surface area contributed by atoms with Gasteiger partial charge in [-0.1, -0.05) is 30.3 Å². The molecule has 0 unspecified atom stereocenters. The molecule has 3 aliphatic heterocycles. The van der Waals surface area contributed by atoms with Crippen molar-refractivity contribution < 1.29 is 19.1 Å². The maximum Gasteiger partial charge on any atom is 0.320 e. The van der Waals surface area contributed by atoms with Gasteiger partial charge in [0.05, 0.1) is 31.0 Å². The van der Waals surface area contributed by atoms with Crippen LogP contribution in [0.25, 0.3) is 0 Å². The van der Waals surface area contributed by atoms with Crippen molar-refractivity contribution in [1.29, 1.82) is 0 Å². The fourth-order valence-electron chi connectivity index (χ4n) is 5.16. The van der Waals surface area contributed by atoms with Crippen molar-refractivity contribution in [3.63, 3.8) is 0 Å². The van der Waals surface area contributed by atoms with Gasteiger partial charge in [0.25, 0.3) is 5.91 Å². The first-order valence-corrected chi connectivity index (χ1v) is 13.4. The van der Waals surface area contributed by atoms with E-state index in [1.807, 2.05) is 57.2 Å². The molecule has 4 amide bonds. The Morgan fingerprint density at radius 3 is 2.18 bits per heavy atom. The van der Waals surface area contributed by atoms with Gasteiger partial charge < -0.3 is 35.0 Å². The number of anilines is 2. The highest BCUT2D eigenvalue weighted by molar-refractivity contribution is 6.00. The van der Waals surface area contributed by atoms with Gasteiger partial charge in [0, 0.05) is 71.0 Å². The summed E-state index contributed by atoms with van der Waals surface area (Å²) in [6, 6.07) is 15.2. The molecular weight excluding hydrogens is 484 g/mol. The van der Waals surface area contributed by atoms with Gasteiger partial charge in [-0.05, 0) is 23.8 Å². The van der Waals surface area contributed by atoms with Crippen molar-refractivity contribution in [3.8, 4) is 0 Å². The number of carbonyl (C=O) groups excluding carboxylic acids is 3. The minimum Gasteiger partial charge on any atom is -0.378 e. The Kier molecular flexibility index (Phi) is 8.40. The molecule has 0 radical (unpaired) electrons. The number of amides is 4. The molecule has 0 saturated carbocycles. The Morgan fingerprint density at radius 2 is 1.47 bits per heavy atom. The highest BCUT2D eigenvalue weighted by Gasteiger charge is 2.28. The average molecular weight is 521 g/mol. The summed E-state index contributed by atoms with van der Waals surface area (Å²) in [4.78, 5) is 46.9. The maximum absolute atomic E-state index is 13.2. The third kappa shape index (κ3) is 6.25. The van der Waals surface area contributed by atoms with E-state index in [2.05, 4.69) is 15.5 Å². The second-order valence-electron chi connectivity index (χ2n) is 9.84. The normalized spacial score (nSPS) is 18.3. The lowest BCUT2D eigenvalue weighted by atomic mass is 10.1. The summed E-state index contributed by atoms with van der Waals surface area (Å²) in [5.74, 6) is -0.164. The largest absolute Gasteiger partial charge is 0.378 e. The van der Waals surface area contributed by atoms with Crippen molar-refractivity contribution in [2.24, 2.45) is 0 Å². The highest BCUT2D eigenvalue weighted by Crippen LogP contribution is 2.29. The van der Waals surface area contributed by atoms with Gasteiger partial charge in [-0.25, -0.2) is 4.79 Å². The average Bonchev–Trinajstić information content (AvgIpc) is 2.98. The van der Waals surface area contributed by atoms with Crippen molar-refractivity contribution in [1.82, 2.24) is 20.0 Å². The molecule has 10 nitrogen and oxygen atoms in total. The van der Waals surface area contributed by atoms with E-state index in [9.17, 15) is 14.4 Å². The molecule has 2 N–H and O–H groups in total. The van der Waals surface area contributed by atoms with E-state index in [-0.39, 0.29) is 24.3 Å². The molecule has 202 valence electrons. The molecule has 3 fully saturated rings. The van der Waals surface area contributed by atoms with E-state index in [1.54, 1.807) is 6.07 Å². The summed E-state index contributed by atoms with van der Waals surface area (Å²) < 4.78 is 5.37. The van der Waals surface area contributed by atoms with Gasteiger partial charge in [0.15, 0.2) is 0 Å². The number of piperazine rings is 2. The van der Waals surface area contributed by atoms with Crippen LogP contribution in [0, 0.1) is 0 Å². The second kappa shape index (κ2) is 12.3. The van der Waals surface area contributed by atoms with Gasteiger partial charge in [0.2, 0.25) is 5.91 Å². The molecule has 5 rings (SSSR count). The second-order valence-corrected chi connectivity index (χ2v) is 9.84. The number of rotatable bonds is 5. The Balaban J connectivity index is 1.31. The van der Waals surface area contributed by atoms with Crippen molar-refractivity contribution in [3.05, 3.63) is 59.7 Å². The van der Waals surface area contributed by atoms with Gasteiger partial charge in [-0.2, -0.15) is 0 Å². The summed E-state index contributed by atoms with van der Waals surface area (Å²) in [5, 5.41) is 6.35. The van der Waals surface area contributed by atoms with E-state index >= 15 is 0 Å². The molecule has 10 heteroatoms. The molecule has 2 aromatic rings. The molecule has 0 aromatic heterocycles. The lowest BCUT2D eigenvalue weighted by molar-refractivity contribution is -0.115.